The summed E-state index contributed by atoms with van der Waals surface area (Å²) in [6.45, 7) is 1.74. The second kappa shape index (κ2) is 2.81. The molecule has 2 saturated heterocycles. The van der Waals surface area contributed by atoms with Gasteiger partial charge in [0, 0.05) is 25.7 Å². The summed E-state index contributed by atoms with van der Waals surface area (Å²) in [6.07, 6.45) is 2.97. The zero-order valence-electron chi connectivity index (χ0n) is 6.51. The van der Waals surface area contributed by atoms with Crippen molar-refractivity contribution in [3.63, 3.8) is 0 Å². The van der Waals surface area contributed by atoms with Crippen LogP contribution in [-0.4, -0.2) is 25.2 Å². The van der Waals surface area contributed by atoms with Crippen LogP contribution in [0.2, 0.25) is 0 Å². The van der Waals surface area contributed by atoms with Gasteiger partial charge in [-0.25, -0.2) is 0 Å². The number of β-lactam (4-membered cyclic amide) rings is 1. The van der Waals surface area contributed by atoms with E-state index in [-0.39, 0.29) is 5.91 Å². The Labute approximate surface area is 66.1 Å². The largest absolute Gasteiger partial charge is 0.381 e. The predicted octanol–water partition coefficient (Wildman–Crippen LogP) is 0.301. The van der Waals surface area contributed by atoms with E-state index in [2.05, 4.69) is 5.32 Å². The molecule has 0 aromatic rings. The van der Waals surface area contributed by atoms with Gasteiger partial charge in [0.15, 0.2) is 0 Å². The number of hydrogen-bond donors (Lipinski definition) is 1. The molecule has 2 aliphatic rings. The minimum Gasteiger partial charge on any atom is -0.381 e. The Morgan fingerprint density at radius 1 is 1.36 bits per heavy atom. The van der Waals surface area contributed by atoms with Gasteiger partial charge in [-0.05, 0) is 18.8 Å². The van der Waals surface area contributed by atoms with Gasteiger partial charge >= 0.3 is 0 Å². The van der Waals surface area contributed by atoms with Gasteiger partial charge in [0.1, 0.15) is 0 Å². The third-order valence-electron chi connectivity index (χ3n) is 2.59. The first-order valence-electron chi connectivity index (χ1n) is 4.23. The Morgan fingerprint density at radius 2 is 2.00 bits per heavy atom. The van der Waals surface area contributed by atoms with Crippen LogP contribution in [0.5, 0.6) is 0 Å². The maximum Gasteiger partial charge on any atom is 0.222 e. The summed E-state index contributed by atoms with van der Waals surface area (Å²) in [6, 6.07) is 0.464. The maximum atomic E-state index is 10.6. The lowest BCUT2D eigenvalue weighted by Gasteiger charge is -2.36. The summed E-state index contributed by atoms with van der Waals surface area (Å²) in [5.41, 5.74) is 0. The van der Waals surface area contributed by atoms with Crippen molar-refractivity contribution in [1.82, 2.24) is 5.32 Å². The van der Waals surface area contributed by atoms with Crippen molar-refractivity contribution in [2.24, 2.45) is 5.92 Å². The summed E-state index contributed by atoms with van der Waals surface area (Å²) < 4.78 is 5.23. The van der Waals surface area contributed by atoms with Crippen molar-refractivity contribution >= 4 is 5.91 Å². The van der Waals surface area contributed by atoms with Crippen LogP contribution in [0.4, 0.5) is 0 Å². The Hall–Kier alpha value is -0.570. The van der Waals surface area contributed by atoms with Crippen molar-refractivity contribution in [1.29, 1.82) is 0 Å². The Morgan fingerprint density at radius 3 is 2.55 bits per heavy atom. The molecule has 3 nitrogen and oxygen atoms in total. The van der Waals surface area contributed by atoms with Gasteiger partial charge < -0.3 is 10.1 Å². The van der Waals surface area contributed by atoms with Crippen LogP contribution in [0, 0.1) is 5.92 Å². The van der Waals surface area contributed by atoms with Gasteiger partial charge in [-0.2, -0.15) is 0 Å². The van der Waals surface area contributed by atoms with Crippen molar-refractivity contribution in [3.05, 3.63) is 0 Å². The lowest BCUT2D eigenvalue weighted by Crippen LogP contribution is -2.53. The number of carbonyl (C=O) groups excluding carboxylic acids is 1. The minimum atomic E-state index is 0.210. The molecule has 2 fully saturated rings. The molecular weight excluding hydrogens is 142 g/mol. The fourth-order valence-corrected chi connectivity index (χ4v) is 1.79. The fourth-order valence-electron chi connectivity index (χ4n) is 1.79. The second-order valence-corrected chi connectivity index (χ2v) is 3.33. The van der Waals surface area contributed by atoms with Crippen molar-refractivity contribution < 1.29 is 9.53 Å². The van der Waals surface area contributed by atoms with Gasteiger partial charge in [0.2, 0.25) is 5.91 Å². The van der Waals surface area contributed by atoms with Crippen LogP contribution in [-0.2, 0) is 9.53 Å². The Bertz CT molecular complexity index is 155. The molecule has 1 N–H and O–H groups in total. The molecule has 0 spiro atoms. The molecule has 0 radical (unpaired) electrons. The third kappa shape index (κ3) is 1.38. The predicted molar refractivity (Wildman–Crippen MR) is 40.1 cm³/mol. The standard InChI is InChI=1S/C8H13NO2/c10-8-5-7(9-8)6-1-3-11-4-2-6/h6-7H,1-5H2,(H,9,10). The summed E-state index contributed by atoms with van der Waals surface area (Å²) in [5, 5.41) is 2.92. The molecule has 2 aliphatic heterocycles. The van der Waals surface area contributed by atoms with Crippen LogP contribution in [0.3, 0.4) is 0 Å². The van der Waals surface area contributed by atoms with Crippen molar-refractivity contribution in [2.45, 2.75) is 25.3 Å². The van der Waals surface area contributed by atoms with Crippen LogP contribution < -0.4 is 5.32 Å². The molecule has 62 valence electrons. The fraction of sp³-hybridized carbons (Fsp3) is 0.875. The highest BCUT2D eigenvalue weighted by Gasteiger charge is 2.33. The van der Waals surface area contributed by atoms with Crippen LogP contribution in [0.15, 0.2) is 0 Å². The molecule has 3 heteroatoms. The van der Waals surface area contributed by atoms with E-state index in [0.29, 0.717) is 12.0 Å². The molecule has 0 saturated carbocycles. The number of carbonyl (C=O) groups is 1. The highest BCUT2D eigenvalue weighted by atomic mass is 16.5. The first-order valence-corrected chi connectivity index (χ1v) is 4.23. The lowest BCUT2D eigenvalue weighted by molar-refractivity contribution is -0.130. The minimum absolute atomic E-state index is 0.210. The van der Waals surface area contributed by atoms with E-state index in [0.717, 1.165) is 32.5 Å². The average Bonchev–Trinajstić information content (AvgIpc) is 2.01. The second-order valence-electron chi connectivity index (χ2n) is 3.33. The van der Waals surface area contributed by atoms with Crippen molar-refractivity contribution in [2.75, 3.05) is 13.2 Å². The molecule has 0 aromatic heterocycles. The number of amides is 1. The van der Waals surface area contributed by atoms with Crippen molar-refractivity contribution in [3.8, 4) is 0 Å². The van der Waals surface area contributed by atoms with Gasteiger partial charge in [0.05, 0.1) is 0 Å². The molecule has 2 heterocycles. The van der Waals surface area contributed by atoms with Gasteiger partial charge in [-0.15, -0.1) is 0 Å². The molecule has 11 heavy (non-hydrogen) atoms. The van der Waals surface area contributed by atoms with E-state index in [1.807, 2.05) is 0 Å². The van der Waals surface area contributed by atoms with Gasteiger partial charge in [-0.1, -0.05) is 0 Å². The molecule has 0 aliphatic carbocycles. The van der Waals surface area contributed by atoms with E-state index in [1.165, 1.54) is 0 Å². The highest BCUT2D eigenvalue weighted by molar-refractivity contribution is 5.82. The smallest absolute Gasteiger partial charge is 0.222 e. The summed E-state index contributed by atoms with van der Waals surface area (Å²) in [5.74, 6) is 0.892. The normalized spacial score (nSPS) is 32.7. The van der Waals surface area contributed by atoms with E-state index < -0.39 is 0 Å². The molecule has 1 atom stereocenters. The van der Waals surface area contributed by atoms with Crippen LogP contribution in [0.25, 0.3) is 0 Å². The monoisotopic (exact) mass is 155 g/mol. The third-order valence-corrected chi connectivity index (χ3v) is 2.59. The van der Waals surface area contributed by atoms with E-state index in [4.69, 9.17) is 4.74 Å². The molecule has 1 amide bonds. The molecular formula is C8H13NO2. The SMILES string of the molecule is O=C1CC(C2CCOCC2)N1. The van der Waals surface area contributed by atoms with Gasteiger partial charge in [0.25, 0.3) is 0 Å². The van der Waals surface area contributed by atoms with E-state index >= 15 is 0 Å². The summed E-state index contributed by atoms with van der Waals surface area (Å²) in [7, 11) is 0. The first kappa shape index (κ1) is 7.10. The topological polar surface area (TPSA) is 38.3 Å². The molecule has 0 aromatic carbocycles. The number of ether oxygens (including phenoxy) is 1. The summed E-state index contributed by atoms with van der Waals surface area (Å²) in [4.78, 5) is 10.6. The van der Waals surface area contributed by atoms with Crippen LogP contribution in [0.1, 0.15) is 19.3 Å². The first-order chi connectivity index (χ1) is 5.36. The summed E-state index contributed by atoms with van der Waals surface area (Å²) >= 11 is 0. The van der Waals surface area contributed by atoms with Crippen LogP contribution >= 0.6 is 0 Å². The highest BCUT2D eigenvalue weighted by Crippen LogP contribution is 2.24. The zero-order chi connectivity index (χ0) is 7.68. The number of hydrogen-bond acceptors (Lipinski definition) is 2. The van der Waals surface area contributed by atoms with E-state index in [9.17, 15) is 4.79 Å². The number of nitrogens with one attached hydrogen (secondary N) is 1. The molecule has 0 bridgehead atoms. The molecule has 1 unspecified atom stereocenters. The zero-order valence-corrected chi connectivity index (χ0v) is 6.51. The molecule has 2 rings (SSSR count). The van der Waals surface area contributed by atoms with E-state index in [1.54, 1.807) is 0 Å². The average molecular weight is 155 g/mol. The maximum absolute atomic E-state index is 10.6. The Kier molecular flexibility index (Phi) is 1.82. The Balaban J connectivity index is 1.80. The van der Waals surface area contributed by atoms with Gasteiger partial charge in [-0.3, -0.25) is 4.79 Å². The number of rotatable bonds is 1. The quantitative estimate of drug-likeness (QED) is 0.553. The lowest BCUT2D eigenvalue weighted by atomic mass is 9.85.